The van der Waals surface area contributed by atoms with E-state index in [-0.39, 0.29) is 5.41 Å². The topological polar surface area (TPSA) is 16.4 Å². The predicted octanol–water partition coefficient (Wildman–Crippen LogP) is 16.2. The maximum absolute atomic E-state index is 6.66. The van der Waals surface area contributed by atoms with Crippen LogP contribution in [0.4, 0.5) is 17.1 Å². The largest absolute Gasteiger partial charge is 0.456 e. The van der Waals surface area contributed by atoms with Crippen molar-refractivity contribution in [3.8, 4) is 44.7 Å². The molecule has 2 nitrogen and oxygen atoms in total. The highest BCUT2D eigenvalue weighted by Gasteiger charge is 2.26. The zero-order valence-electron chi connectivity index (χ0n) is 33.0. The van der Waals surface area contributed by atoms with E-state index in [9.17, 15) is 0 Å². The number of hydrogen-bond donors (Lipinski definition) is 0. The summed E-state index contributed by atoms with van der Waals surface area (Å²) in [6.07, 6.45) is 0. The van der Waals surface area contributed by atoms with Crippen LogP contribution in [-0.4, -0.2) is 0 Å². The number of fused-ring (bicyclic) bond motifs is 3. The first kappa shape index (κ1) is 35.3. The van der Waals surface area contributed by atoms with Crippen LogP contribution in [0.1, 0.15) is 26.3 Å². The average Bonchev–Trinajstić information content (AvgIpc) is 3.68. The maximum Gasteiger partial charge on any atom is 0.139 e. The Morgan fingerprint density at radius 1 is 0.362 bits per heavy atom. The summed E-state index contributed by atoms with van der Waals surface area (Å²) in [5.41, 5.74) is 13.5. The van der Waals surface area contributed by atoms with E-state index < -0.39 is 0 Å². The molecule has 0 bridgehead atoms. The number of hydrogen-bond acceptors (Lipinski definition) is 2. The summed E-state index contributed by atoms with van der Waals surface area (Å²) in [4.78, 5) is 2.35. The van der Waals surface area contributed by atoms with Crippen molar-refractivity contribution in [3.63, 3.8) is 0 Å². The fraction of sp³-hybridized carbons (Fsp3) is 0.0714. The Morgan fingerprint density at radius 2 is 0.897 bits per heavy atom. The lowest BCUT2D eigenvalue weighted by atomic mass is 9.83. The minimum Gasteiger partial charge on any atom is -0.456 e. The lowest BCUT2D eigenvalue weighted by Gasteiger charge is -2.27. The fourth-order valence-corrected chi connectivity index (χ4v) is 8.52. The van der Waals surface area contributed by atoms with Gasteiger partial charge in [0.05, 0.1) is 0 Å². The molecule has 0 aliphatic rings. The van der Waals surface area contributed by atoms with Crippen LogP contribution in [0.3, 0.4) is 0 Å². The van der Waals surface area contributed by atoms with Gasteiger partial charge in [0, 0.05) is 33.6 Å². The Balaban J connectivity index is 1.04. The van der Waals surface area contributed by atoms with Crippen molar-refractivity contribution in [2.75, 3.05) is 4.90 Å². The molecule has 0 unspecified atom stereocenters. The monoisotopic (exact) mass is 745 g/mol. The van der Waals surface area contributed by atoms with E-state index in [2.05, 4.69) is 226 Å². The fourth-order valence-electron chi connectivity index (χ4n) is 8.52. The second-order valence-electron chi connectivity index (χ2n) is 16.2. The van der Waals surface area contributed by atoms with Crippen LogP contribution < -0.4 is 4.90 Å². The molecule has 0 saturated carbocycles. The van der Waals surface area contributed by atoms with Crippen LogP contribution >= 0.6 is 0 Å². The Bertz CT molecular complexity index is 3070. The maximum atomic E-state index is 6.66. The minimum atomic E-state index is -0.112. The van der Waals surface area contributed by atoms with E-state index in [1.165, 1.54) is 60.5 Å². The van der Waals surface area contributed by atoms with Gasteiger partial charge in [-0.15, -0.1) is 0 Å². The molecule has 1 aromatic heterocycles. The third-order valence-corrected chi connectivity index (χ3v) is 11.4. The molecule has 1 heterocycles. The summed E-state index contributed by atoms with van der Waals surface area (Å²) in [6.45, 7) is 6.79. The molecule has 10 aromatic rings. The van der Waals surface area contributed by atoms with E-state index >= 15 is 0 Å². The molecule has 58 heavy (non-hydrogen) atoms. The van der Waals surface area contributed by atoms with Gasteiger partial charge in [-0.2, -0.15) is 0 Å². The van der Waals surface area contributed by atoms with Crippen molar-refractivity contribution < 1.29 is 4.42 Å². The average molecular weight is 746 g/mol. The third-order valence-electron chi connectivity index (χ3n) is 11.4. The van der Waals surface area contributed by atoms with Crippen molar-refractivity contribution in [2.24, 2.45) is 0 Å². The number of furan rings is 1. The van der Waals surface area contributed by atoms with Gasteiger partial charge in [0.2, 0.25) is 0 Å². The van der Waals surface area contributed by atoms with Crippen LogP contribution in [0.2, 0.25) is 0 Å². The van der Waals surface area contributed by atoms with Crippen LogP contribution in [-0.2, 0) is 5.41 Å². The Labute approximate surface area is 340 Å². The van der Waals surface area contributed by atoms with Crippen LogP contribution in [0.5, 0.6) is 0 Å². The van der Waals surface area contributed by atoms with E-state index in [0.29, 0.717) is 0 Å². The van der Waals surface area contributed by atoms with Gasteiger partial charge in [0.15, 0.2) is 0 Å². The van der Waals surface area contributed by atoms with Gasteiger partial charge in [-0.05, 0) is 109 Å². The molecule has 278 valence electrons. The quantitative estimate of drug-likeness (QED) is 0.162. The van der Waals surface area contributed by atoms with E-state index in [4.69, 9.17) is 4.42 Å². The second kappa shape index (κ2) is 14.4. The predicted molar refractivity (Wildman–Crippen MR) is 246 cm³/mol. The first-order valence-corrected chi connectivity index (χ1v) is 20.1. The standard InChI is InChI=1S/C56H43NO/c1-56(2,3)54-52-19-8-9-21-53(52)58-55(54)46-16-10-17-49(37-46)57(48-34-30-41(31-35-48)45-27-24-38-12-4-5-14-44(38)36-45)47-32-28-40(29-33-47)39-22-25-43(26-23-39)51-20-11-15-42-13-6-7-18-50(42)51/h4-37H,1-3H3. The lowest BCUT2D eigenvalue weighted by Crippen LogP contribution is -2.12. The highest BCUT2D eigenvalue weighted by Crippen LogP contribution is 2.44. The van der Waals surface area contributed by atoms with E-state index in [1.54, 1.807) is 0 Å². The van der Waals surface area contributed by atoms with Crippen molar-refractivity contribution in [3.05, 3.63) is 212 Å². The van der Waals surface area contributed by atoms with Crippen LogP contribution in [0.25, 0.3) is 77.2 Å². The lowest BCUT2D eigenvalue weighted by molar-refractivity contribution is 0.568. The molecule has 10 rings (SSSR count). The van der Waals surface area contributed by atoms with Crippen molar-refractivity contribution >= 4 is 49.6 Å². The summed E-state index contributed by atoms with van der Waals surface area (Å²) < 4.78 is 6.66. The second-order valence-corrected chi connectivity index (χ2v) is 16.2. The first-order valence-electron chi connectivity index (χ1n) is 20.1. The highest BCUT2D eigenvalue weighted by atomic mass is 16.3. The Hall–Kier alpha value is -7.16. The zero-order chi connectivity index (χ0) is 39.2. The molecule has 0 aliphatic carbocycles. The summed E-state index contributed by atoms with van der Waals surface area (Å²) in [5.74, 6) is 0.921. The number of benzene rings is 9. The van der Waals surface area contributed by atoms with Crippen LogP contribution in [0, 0.1) is 0 Å². The smallest absolute Gasteiger partial charge is 0.139 e. The Morgan fingerprint density at radius 3 is 1.60 bits per heavy atom. The molecule has 0 fully saturated rings. The van der Waals surface area contributed by atoms with Gasteiger partial charge in [-0.1, -0.05) is 178 Å². The summed E-state index contributed by atoms with van der Waals surface area (Å²) in [6, 6.07) is 74.4. The van der Waals surface area contributed by atoms with E-state index in [1.807, 2.05) is 6.07 Å². The molecule has 0 spiro atoms. The molecular formula is C56H43NO. The normalized spacial score (nSPS) is 11.7. The number of nitrogens with zero attached hydrogens (tertiary/aromatic N) is 1. The molecule has 0 aliphatic heterocycles. The van der Waals surface area contributed by atoms with Gasteiger partial charge >= 0.3 is 0 Å². The van der Waals surface area contributed by atoms with Gasteiger partial charge < -0.3 is 9.32 Å². The summed E-state index contributed by atoms with van der Waals surface area (Å²) in [7, 11) is 0. The van der Waals surface area contributed by atoms with Crippen molar-refractivity contribution in [1.29, 1.82) is 0 Å². The third kappa shape index (κ3) is 6.53. The van der Waals surface area contributed by atoms with E-state index in [0.717, 1.165) is 39.4 Å². The van der Waals surface area contributed by atoms with Gasteiger partial charge in [0.25, 0.3) is 0 Å². The SMILES string of the molecule is CC(C)(C)c1c(-c2cccc(N(c3ccc(-c4ccc(-c5cccc6ccccc56)cc4)cc3)c3ccc(-c4ccc5ccccc5c4)cc3)c2)oc2ccccc12. The van der Waals surface area contributed by atoms with Crippen LogP contribution in [0.15, 0.2) is 211 Å². The molecule has 0 N–H and O–H groups in total. The van der Waals surface area contributed by atoms with Crippen molar-refractivity contribution in [1.82, 2.24) is 0 Å². The summed E-state index contributed by atoms with van der Waals surface area (Å²) >= 11 is 0. The molecule has 0 amide bonds. The molecular weight excluding hydrogens is 703 g/mol. The van der Waals surface area contributed by atoms with Gasteiger partial charge in [0.1, 0.15) is 11.3 Å². The molecule has 0 radical (unpaired) electrons. The molecule has 9 aromatic carbocycles. The highest BCUT2D eigenvalue weighted by molar-refractivity contribution is 5.97. The minimum absolute atomic E-state index is 0.112. The van der Waals surface area contributed by atoms with Gasteiger partial charge in [-0.25, -0.2) is 0 Å². The number of anilines is 3. The first-order chi connectivity index (χ1) is 28.4. The summed E-state index contributed by atoms with van der Waals surface area (Å²) in [5, 5.41) is 6.18. The van der Waals surface area contributed by atoms with Gasteiger partial charge in [-0.3, -0.25) is 0 Å². The molecule has 2 heteroatoms. The Kier molecular flexibility index (Phi) is 8.76. The molecule has 0 saturated heterocycles. The molecule has 0 atom stereocenters. The van der Waals surface area contributed by atoms with Crippen molar-refractivity contribution in [2.45, 2.75) is 26.2 Å². The number of rotatable bonds is 7. The zero-order valence-corrected chi connectivity index (χ0v) is 33.0. The number of para-hydroxylation sites is 1.